The Bertz CT molecular complexity index is 352. The first-order valence-electron chi connectivity index (χ1n) is 5.95. The summed E-state index contributed by atoms with van der Waals surface area (Å²) in [7, 11) is 0. The van der Waals surface area contributed by atoms with Gasteiger partial charge in [-0.25, -0.2) is 0 Å². The monoisotopic (exact) mass is 255 g/mol. The van der Waals surface area contributed by atoms with Crippen LogP contribution in [0.5, 0.6) is 0 Å². The van der Waals surface area contributed by atoms with E-state index in [4.69, 9.17) is 5.73 Å². The van der Waals surface area contributed by atoms with Crippen molar-refractivity contribution < 1.29 is 0 Å². The number of hydrogen-bond donors (Lipinski definition) is 1. The van der Waals surface area contributed by atoms with Crippen LogP contribution in [0.3, 0.4) is 0 Å². The normalized spacial score (nSPS) is 24.6. The lowest BCUT2D eigenvalue weighted by atomic mass is 9.90. The highest BCUT2D eigenvalue weighted by Crippen LogP contribution is 2.29. The largest absolute Gasteiger partial charge is 0.330 e. The predicted octanol–water partition coefficient (Wildman–Crippen LogP) is 1.98. The Hall–Kier alpha value is -0.640. The molecule has 2 rings (SSSR count). The molecular formula is C13H22ClN3. The van der Waals surface area contributed by atoms with Gasteiger partial charge < -0.3 is 5.73 Å². The van der Waals surface area contributed by atoms with Crippen molar-refractivity contribution in [2.75, 3.05) is 19.6 Å². The molecule has 4 heteroatoms. The van der Waals surface area contributed by atoms with Crippen LogP contribution in [0.2, 0.25) is 0 Å². The molecule has 2 N–H and O–H groups in total. The molecule has 0 aliphatic carbocycles. The van der Waals surface area contributed by atoms with Crippen molar-refractivity contribution in [3.8, 4) is 0 Å². The van der Waals surface area contributed by atoms with Crippen LogP contribution in [0.4, 0.5) is 0 Å². The van der Waals surface area contributed by atoms with E-state index in [9.17, 15) is 0 Å². The first-order valence-corrected chi connectivity index (χ1v) is 5.95. The smallest absolute Gasteiger partial charge is 0.0544 e. The van der Waals surface area contributed by atoms with Crippen LogP contribution in [-0.4, -0.2) is 29.5 Å². The molecule has 1 fully saturated rings. The average molecular weight is 256 g/mol. The first-order chi connectivity index (χ1) is 7.61. The summed E-state index contributed by atoms with van der Waals surface area (Å²) in [5.74, 6) is 0. The highest BCUT2D eigenvalue weighted by molar-refractivity contribution is 5.85. The van der Waals surface area contributed by atoms with E-state index in [1.54, 1.807) is 0 Å². The fraction of sp³-hybridized carbons (Fsp3) is 0.615. The summed E-state index contributed by atoms with van der Waals surface area (Å²) in [5, 5.41) is 0. The van der Waals surface area contributed by atoms with E-state index in [-0.39, 0.29) is 12.4 Å². The molecule has 1 unspecified atom stereocenters. The minimum atomic E-state index is 0. The molecule has 2 heterocycles. The lowest BCUT2D eigenvalue weighted by Crippen LogP contribution is -2.31. The topological polar surface area (TPSA) is 42.1 Å². The molecule has 0 radical (unpaired) electrons. The van der Waals surface area contributed by atoms with Gasteiger partial charge in [-0.2, -0.15) is 0 Å². The third kappa shape index (κ3) is 3.66. The Kier molecular flexibility index (Phi) is 4.92. The second-order valence-corrected chi connectivity index (χ2v) is 5.30. The molecule has 0 spiro atoms. The summed E-state index contributed by atoms with van der Waals surface area (Å²) < 4.78 is 0. The van der Waals surface area contributed by atoms with Crippen molar-refractivity contribution >= 4 is 12.4 Å². The van der Waals surface area contributed by atoms with Gasteiger partial charge in [0.1, 0.15) is 0 Å². The zero-order valence-electron chi connectivity index (χ0n) is 10.6. The Morgan fingerprint density at radius 1 is 1.47 bits per heavy atom. The number of halogens is 1. The molecule has 1 atom stereocenters. The van der Waals surface area contributed by atoms with E-state index in [1.807, 2.05) is 6.20 Å². The maximum Gasteiger partial charge on any atom is 0.0544 e. The molecule has 17 heavy (non-hydrogen) atoms. The molecule has 1 saturated heterocycles. The van der Waals surface area contributed by atoms with Gasteiger partial charge in [-0.15, -0.1) is 12.4 Å². The van der Waals surface area contributed by atoms with Crippen molar-refractivity contribution in [2.45, 2.75) is 26.8 Å². The van der Waals surface area contributed by atoms with E-state index in [0.29, 0.717) is 5.41 Å². The number of aryl methyl sites for hydroxylation is 1. The number of hydrogen-bond acceptors (Lipinski definition) is 3. The Labute approximate surface area is 110 Å². The van der Waals surface area contributed by atoms with Crippen LogP contribution in [0.1, 0.15) is 24.6 Å². The first kappa shape index (κ1) is 14.4. The minimum absolute atomic E-state index is 0. The lowest BCUT2D eigenvalue weighted by molar-refractivity contribution is 0.272. The van der Waals surface area contributed by atoms with E-state index in [2.05, 4.69) is 35.9 Å². The predicted molar refractivity (Wildman–Crippen MR) is 73.3 cm³/mol. The SMILES string of the molecule is Cc1ccc(CN2CCC(C)(CN)C2)nc1.Cl. The quantitative estimate of drug-likeness (QED) is 0.898. The highest BCUT2D eigenvalue weighted by Gasteiger charge is 2.32. The van der Waals surface area contributed by atoms with E-state index < -0.39 is 0 Å². The van der Waals surface area contributed by atoms with Crippen LogP contribution >= 0.6 is 12.4 Å². The number of aromatic nitrogens is 1. The molecule has 0 saturated carbocycles. The summed E-state index contributed by atoms with van der Waals surface area (Å²) in [4.78, 5) is 6.89. The van der Waals surface area contributed by atoms with Gasteiger partial charge in [-0.1, -0.05) is 13.0 Å². The second-order valence-electron chi connectivity index (χ2n) is 5.30. The molecule has 96 valence electrons. The molecule has 3 nitrogen and oxygen atoms in total. The van der Waals surface area contributed by atoms with Gasteiger partial charge in [0.05, 0.1) is 5.69 Å². The molecule has 1 aliphatic rings. The third-order valence-corrected chi connectivity index (χ3v) is 3.49. The van der Waals surface area contributed by atoms with Crippen LogP contribution in [-0.2, 0) is 6.54 Å². The number of nitrogens with zero attached hydrogens (tertiary/aromatic N) is 2. The van der Waals surface area contributed by atoms with Gasteiger partial charge in [0.15, 0.2) is 0 Å². The van der Waals surface area contributed by atoms with Crippen molar-refractivity contribution in [1.82, 2.24) is 9.88 Å². The minimum Gasteiger partial charge on any atom is -0.330 e. The molecule has 0 aromatic carbocycles. The molecule has 1 aliphatic heterocycles. The molecular weight excluding hydrogens is 234 g/mol. The summed E-state index contributed by atoms with van der Waals surface area (Å²) in [6, 6.07) is 4.24. The number of pyridine rings is 1. The van der Waals surface area contributed by atoms with E-state index >= 15 is 0 Å². The number of likely N-dealkylation sites (tertiary alicyclic amines) is 1. The maximum absolute atomic E-state index is 5.80. The van der Waals surface area contributed by atoms with E-state index in [0.717, 1.165) is 31.9 Å². The molecule has 0 amide bonds. The second kappa shape index (κ2) is 5.80. The van der Waals surface area contributed by atoms with Gasteiger partial charge >= 0.3 is 0 Å². The Morgan fingerprint density at radius 2 is 2.24 bits per heavy atom. The number of nitrogens with two attached hydrogens (primary N) is 1. The Balaban J connectivity index is 0.00000144. The van der Waals surface area contributed by atoms with Crippen molar-refractivity contribution in [3.63, 3.8) is 0 Å². The van der Waals surface area contributed by atoms with Gasteiger partial charge in [-0.05, 0) is 43.5 Å². The Morgan fingerprint density at radius 3 is 2.76 bits per heavy atom. The fourth-order valence-electron chi connectivity index (χ4n) is 2.25. The standard InChI is InChI=1S/C13H21N3.ClH/c1-11-3-4-12(15-7-11)8-16-6-5-13(2,9-14)10-16;/h3-4,7H,5-6,8-10,14H2,1-2H3;1H. The van der Waals surface area contributed by atoms with Gasteiger partial charge in [-0.3, -0.25) is 9.88 Å². The van der Waals surface area contributed by atoms with Crippen LogP contribution in [0, 0.1) is 12.3 Å². The lowest BCUT2D eigenvalue weighted by Gasteiger charge is -2.22. The van der Waals surface area contributed by atoms with Crippen LogP contribution in [0.25, 0.3) is 0 Å². The van der Waals surface area contributed by atoms with Gasteiger partial charge in [0, 0.05) is 19.3 Å². The highest BCUT2D eigenvalue weighted by atomic mass is 35.5. The van der Waals surface area contributed by atoms with Gasteiger partial charge in [0.25, 0.3) is 0 Å². The number of rotatable bonds is 3. The van der Waals surface area contributed by atoms with E-state index in [1.165, 1.54) is 12.0 Å². The third-order valence-electron chi connectivity index (χ3n) is 3.49. The average Bonchev–Trinajstić information content (AvgIpc) is 2.65. The zero-order chi connectivity index (χ0) is 11.6. The van der Waals surface area contributed by atoms with Crippen LogP contribution in [0.15, 0.2) is 18.3 Å². The summed E-state index contributed by atoms with van der Waals surface area (Å²) in [6.07, 6.45) is 3.14. The summed E-state index contributed by atoms with van der Waals surface area (Å²) in [5.41, 5.74) is 8.49. The molecule has 1 aromatic rings. The van der Waals surface area contributed by atoms with Crippen LogP contribution < -0.4 is 5.73 Å². The fourth-order valence-corrected chi connectivity index (χ4v) is 2.25. The zero-order valence-corrected chi connectivity index (χ0v) is 11.5. The van der Waals surface area contributed by atoms with Crippen molar-refractivity contribution in [2.24, 2.45) is 11.1 Å². The molecule has 1 aromatic heterocycles. The van der Waals surface area contributed by atoms with Crippen molar-refractivity contribution in [3.05, 3.63) is 29.6 Å². The molecule has 0 bridgehead atoms. The van der Waals surface area contributed by atoms with Crippen molar-refractivity contribution in [1.29, 1.82) is 0 Å². The summed E-state index contributed by atoms with van der Waals surface area (Å²) in [6.45, 7) is 8.32. The maximum atomic E-state index is 5.80. The van der Waals surface area contributed by atoms with Gasteiger partial charge in [0.2, 0.25) is 0 Å². The summed E-state index contributed by atoms with van der Waals surface area (Å²) >= 11 is 0.